The van der Waals surface area contributed by atoms with Crippen LogP contribution < -0.4 is 10.2 Å². The number of fused-ring (bicyclic) bond motifs is 2. The van der Waals surface area contributed by atoms with Crippen molar-refractivity contribution in [1.82, 2.24) is 19.9 Å². The van der Waals surface area contributed by atoms with E-state index in [-0.39, 0.29) is 12.1 Å². The number of nitrogens with zero attached hydrogens (tertiary/aromatic N) is 5. The number of nitrogens with one attached hydrogen (secondary N) is 1. The van der Waals surface area contributed by atoms with Crippen LogP contribution in [-0.2, 0) is 30.3 Å². The molecule has 0 spiro atoms. The molecule has 172 valence electrons. The smallest absolute Gasteiger partial charge is 0.228 e. The lowest BCUT2D eigenvalue weighted by Crippen LogP contribution is -2.49. The molecule has 0 aromatic carbocycles. The molecular weight excluding hydrogens is 464 g/mol. The first-order valence-electron chi connectivity index (χ1n) is 11.1. The number of furan rings is 1. The van der Waals surface area contributed by atoms with E-state index in [9.17, 15) is 9.32 Å². The molecule has 3 aromatic rings. The van der Waals surface area contributed by atoms with E-state index in [0.717, 1.165) is 49.1 Å². The van der Waals surface area contributed by atoms with Crippen molar-refractivity contribution in [2.75, 3.05) is 22.6 Å². The Bertz CT molecular complexity index is 1210. The molecule has 1 fully saturated rings. The number of aromatic nitrogens is 4. The molecule has 0 bridgehead atoms. The van der Waals surface area contributed by atoms with E-state index in [0.29, 0.717) is 52.1 Å². The zero-order valence-electron chi connectivity index (χ0n) is 17.9. The van der Waals surface area contributed by atoms with Gasteiger partial charge in [0, 0.05) is 30.3 Å². The van der Waals surface area contributed by atoms with Gasteiger partial charge in [-0.25, -0.2) is 15.0 Å². The molecule has 1 saturated carbocycles. The maximum absolute atomic E-state index is 12.8. The summed E-state index contributed by atoms with van der Waals surface area (Å²) in [6, 6.07) is 1.94. The van der Waals surface area contributed by atoms with Gasteiger partial charge in [-0.1, -0.05) is 11.6 Å². The van der Waals surface area contributed by atoms with Gasteiger partial charge in [-0.3, -0.25) is 4.21 Å². The highest BCUT2D eigenvalue weighted by Gasteiger charge is 2.39. The molecule has 1 aliphatic carbocycles. The molecule has 6 rings (SSSR count). The molecule has 5 heterocycles. The molecule has 1 atom stereocenters. The SMILES string of the molecule is O=S1CCCc2nc(N3Cc4cc(-c5ncc(Cl)cn5)oc4C3)nc(NC3(CO)CCC3)c21. The zero-order valence-corrected chi connectivity index (χ0v) is 19.5. The molecule has 0 radical (unpaired) electrons. The fourth-order valence-electron chi connectivity index (χ4n) is 4.63. The Kier molecular flexibility index (Phi) is 5.11. The lowest BCUT2D eigenvalue weighted by molar-refractivity contribution is 0.143. The van der Waals surface area contributed by atoms with Crippen molar-refractivity contribution in [2.45, 2.75) is 55.6 Å². The minimum absolute atomic E-state index is 0.0293. The predicted octanol–water partition coefficient (Wildman–Crippen LogP) is 3.08. The van der Waals surface area contributed by atoms with Gasteiger partial charge in [-0.05, 0) is 38.2 Å². The largest absolute Gasteiger partial charge is 0.455 e. The summed E-state index contributed by atoms with van der Waals surface area (Å²) in [6.07, 6.45) is 7.51. The highest BCUT2D eigenvalue weighted by molar-refractivity contribution is 7.85. The van der Waals surface area contributed by atoms with Crippen LogP contribution in [0.4, 0.5) is 11.8 Å². The number of rotatable bonds is 5. The van der Waals surface area contributed by atoms with Gasteiger partial charge in [0.05, 0.1) is 40.2 Å². The monoisotopic (exact) mass is 486 g/mol. The summed E-state index contributed by atoms with van der Waals surface area (Å²) in [7, 11) is -1.14. The Hall–Kier alpha value is -2.56. The van der Waals surface area contributed by atoms with Crippen LogP contribution in [0.15, 0.2) is 27.8 Å². The maximum Gasteiger partial charge on any atom is 0.228 e. The lowest BCUT2D eigenvalue weighted by Gasteiger charge is -2.42. The van der Waals surface area contributed by atoms with E-state index in [4.69, 9.17) is 26.0 Å². The van der Waals surface area contributed by atoms with Crippen molar-refractivity contribution in [1.29, 1.82) is 0 Å². The summed E-state index contributed by atoms with van der Waals surface area (Å²) >= 11 is 5.88. The second-order valence-corrected chi connectivity index (χ2v) is 10.8. The molecule has 3 aliphatic rings. The van der Waals surface area contributed by atoms with E-state index in [1.807, 2.05) is 6.07 Å². The topological polar surface area (TPSA) is 117 Å². The maximum atomic E-state index is 12.8. The van der Waals surface area contributed by atoms with Crippen molar-refractivity contribution in [2.24, 2.45) is 0 Å². The van der Waals surface area contributed by atoms with Crippen molar-refractivity contribution in [3.63, 3.8) is 0 Å². The molecule has 2 N–H and O–H groups in total. The van der Waals surface area contributed by atoms with Crippen molar-refractivity contribution in [3.8, 4) is 11.6 Å². The highest BCUT2D eigenvalue weighted by Crippen LogP contribution is 2.39. The molecule has 33 heavy (non-hydrogen) atoms. The predicted molar refractivity (Wildman–Crippen MR) is 124 cm³/mol. The summed E-state index contributed by atoms with van der Waals surface area (Å²) in [4.78, 5) is 20.8. The van der Waals surface area contributed by atoms with Crippen molar-refractivity contribution in [3.05, 3.63) is 40.5 Å². The van der Waals surface area contributed by atoms with Crippen LogP contribution in [0.2, 0.25) is 5.02 Å². The average molecular weight is 487 g/mol. The minimum Gasteiger partial charge on any atom is -0.455 e. The molecule has 9 nitrogen and oxygen atoms in total. The number of halogens is 1. The first-order chi connectivity index (χ1) is 16.0. The van der Waals surface area contributed by atoms with Crippen LogP contribution in [0.5, 0.6) is 0 Å². The fourth-order valence-corrected chi connectivity index (χ4v) is 6.06. The Balaban J connectivity index is 1.30. The summed E-state index contributed by atoms with van der Waals surface area (Å²) in [5.74, 6) is 3.72. The van der Waals surface area contributed by atoms with E-state index < -0.39 is 10.8 Å². The van der Waals surface area contributed by atoms with Crippen LogP contribution in [0.1, 0.15) is 42.7 Å². The second-order valence-electron chi connectivity index (χ2n) is 8.86. The molecule has 0 saturated heterocycles. The van der Waals surface area contributed by atoms with Gasteiger partial charge in [0.25, 0.3) is 0 Å². The summed E-state index contributed by atoms with van der Waals surface area (Å²) < 4.78 is 18.9. The number of hydrogen-bond acceptors (Lipinski definition) is 9. The highest BCUT2D eigenvalue weighted by atomic mass is 35.5. The van der Waals surface area contributed by atoms with Gasteiger partial charge in [0.2, 0.25) is 5.95 Å². The van der Waals surface area contributed by atoms with Crippen LogP contribution in [0, 0.1) is 0 Å². The third-order valence-corrected chi connectivity index (χ3v) is 8.35. The Morgan fingerprint density at radius 1 is 1.21 bits per heavy atom. The van der Waals surface area contributed by atoms with E-state index >= 15 is 0 Å². The van der Waals surface area contributed by atoms with E-state index in [1.54, 1.807) is 12.4 Å². The van der Waals surface area contributed by atoms with Crippen LogP contribution in [0.3, 0.4) is 0 Å². The van der Waals surface area contributed by atoms with E-state index in [2.05, 4.69) is 20.2 Å². The summed E-state index contributed by atoms with van der Waals surface area (Å²) in [5, 5.41) is 13.9. The molecule has 3 aromatic heterocycles. The number of aliphatic hydroxyl groups is 1. The minimum atomic E-state index is -1.14. The Morgan fingerprint density at radius 2 is 2.03 bits per heavy atom. The van der Waals surface area contributed by atoms with Gasteiger partial charge >= 0.3 is 0 Å². The normalized spacial score (nSPS) is 20.8. The second kappa shape index (κ2) is 8.03. The quantitative estimate of drug-likeness (QED) is 0.560. The average Bonchev–Trinajstić information content (AvgIpc) is 3.36. The summed E-state index contributed by atoms with van der Waals surface area (Å²) in [5.41, 5.74) is 1.48. The van der Waals surface area contributed by atoms with Crippen LogP contribution in [0.25, 0.3) is 11.6 Å². The van der Waals surface area contributed by atoms with Gasteiger partial charge in [0.15, 0.2) is 11.6 Å². The first-order valence-corrected chi connectivity index (χ1v) is 12.8. The van der Waals surface area contributed by atoms with Gasteiger partial charge in [0.1, 0.15) is 16.5 Å². The number of hydrogen-bond donors (Lipinski definition) is 2. The van der Waals surface area contributed by atoms with Crippen LogP contribution in [-0.4, -0.2) is 47.2 Å². The standard InChI is InChI=1S/C22H23ClN6O3S/c23-14-8-24-19(25-9-14)16-7-13-10-29(11-17(13)32-16)21-26-15-3-1-6-33(31)18(15)20(27-21)28-22(12-30)4-2-5-22/h7-9,30H,1-6,10-12H2,(H,26,27,28). The van der Waals surface area contributed by atoms with Crippen LogP contribution >= 0.6 is 11.6 Å². The zero-order chi connectivity index (χ0) is 22.6. The molecule has 0 amide bonds. The third kappa shape index (κ3) is 3.70. The Labute approximate surface area is 198 Å². The molecular formula is C22H23ClN6O3S. The lowest BCUT2D eigenvalue weighted by atomic mass is 9.77. The van der Waals surface area contributed by atoms with Gasteiger partial charge in [-0.2, -0.15) is 4.98 Å². The first kappa shape index (κ1) is 21.0. The van der Waals surface area contributed by atoms with Crippen molar-refractivity contribution >= 4 is 34.2 Å². The number of aryl methyl sites for hydroxylation is 1. The van der Waals surface area contributed by atoms with Gasteiger partial charge in [-0.15, -0.1) is 0 Å². The number of anilines is 2. The third-order valence-electron chi connectivity index (χ3n) is 6.61. The molecule has 2 aliphatic heterocycles. The Morgan fingerprint density at radius 3 is 2.73 bits per heavy atom. The van der Waals surface area contributed by atoms with Gasteiger partial charge < -0.3 is 19.7 Å². The number of aliphatic hydroxyl groups excluding tert-OH is 1. The fraction of sp³-hybridized carbons (Fsp3) is 0.455. The summed E-state index contributed by atoms with van der Waals surface area (Å²) in [6.45, 7) is 1.15. The molecule has 11 heteroatoms. The van der Waals surface area contributed by atoms with E-state index in [1.165, 1.54) is 0 Å². The van der Waals surface area contributed by atoms with Crippen molar-refractivity contribution < 1.29 is 13.7 Å². The molecule has 1 unspecified atom stereocenters.